The molecule has 0 aliphatic rings. The molecule has 0 saturated carbocycles. The smallest absolute Gasteiger partial charge is 0.328 e. The summed E-state index contributed by atoms with van der Waals surface area (Å²) in [5, 5.41) is 18.1. The maximum Gasteiger partial charge on any atom is 0.328 e. The summed E-state index contributed by atoms with van der Waals surface area (Å²) in [6.07, 6.45) is 24.0. The average molecular weight is 320 g/mol. The first-order chi connectivity index (χ1) is 11.2. The zero-order valence-corrected chi connectivity index (χ0v) is 14.4. The second kappa shape index (κ2) is 16.8. The van der Waals surface area contributed by atoms with Crippen LogP contribution in [-0.2, 0) is 4.79 Å². The topological polar surface area (TPSA) is 57.5 Å². The molecule has 0 radical (unpaired) electrons. The minimum Gasteiger partial charge on any atom is -0.478 e. The zero-order chi connectivity index (χ0) is 17.2. The number of carbonyl (C=O) groups is 1. The van der Waals surface area contributed by atoms with Gasteiger partial charge < -0.3 is 10.2 Å². The fourth-order valence-electron chi connectivity index (χ4n) is 2.15. The van der Waals surface area contributed by atoms with Gasteiger partial charge in [0.05, 0.1) is 6.10 Å². The molecule has 0 aromatic rings. The Balaban J connectivity index is 3.45. The zero-order valence-electron chi connectivity index (χ0n) is 14.4. The summed E-state index contributed by atoms with van der Waals surface area (Å²) in [7, 11) is 0. The van der Waals surface area contributed by atoms with Gasteiger partial charge in [-0.1, -0.05) is 81.6 Å². The molecule has 1 unspecified atom stereocenters. The molecule has 0 fully saturated rings. The van der Waals surface area contributed by atoms with Crippen LogP contribution in [0.1, 0.15) is 64.7 Å². The van der Waals surface area contributed by atoms with Crippen molar-refractivity contribution in [2.75, 3.05) is 0 Å². The van der Waals surface area contributed by atoms with Gasteiger partial charge in [0.15, 0.2) is 0 Å². The molecule has 0 aliphatic heterocycles. The van der Waals surface area contributed by atoms with Crippen molar-refractivity contribution in [2.45, 2.75) is 70.8 Å². The first-order valence-corrected chi connectivity index (χ1v) is 8.74. The number of carboxylic acid groups (broad SMARTS) is 1. The van der Waals surface area contributed by atoms with Crippen molar-refractivity contribution in [2.24, 2.45) is 0 Å². The van der Waals surface area contributed by atoms with E-state index >= 15 is 0 Å². The van der Waals surface area contributed by atoms with Gasteiger partial charge in [0, 0.05) is 6.08 Å². The van der Waals surface area contributed by atoms with Gasteiger partial charge in [-0.05, 0) is 25.7 Å². The predicted octanol–water partition coefficient (Wildman–Crippen LogP) is 5.19. The van der Waals surface area contributed by atoms with E-state index in [2.05, 4.69) is 13.0 Å². The monoisotopic (exact) mass is 320 g/mol. The number of unbranched alkanes of at least 4 members (excludes halogenated alkanes) is 5. The third-order valence-electron chi connectivity index (χ3n) is 3.48. The molecule has 0 aromatic heterocycles. The van der Waals surface area contributed by atoms with Crippen LogP contribution in [0.2, 0.25) is 0 Å². The highest BCUT2D eigenvalue weighted by molar-refractivity contribution is 5.80. The Morgan fingerprint density at radius 1 is 0.870 bits per heavy atom. The molecule has 130 valence electrons. The van der Waals surface area contributed by atoms with Crippen LogP contribution in [0, 0.1) is 0 Å². The molecule has 0 bridgehead atoms. The first-order valence-electron chi connectivity index (χ1n) is 8.74. The Bertz CT molecular complexity index is 392. The number of allylic oxidation sites excluding steroid dienone is 7. The summed E-state index contributed by atoms with van der Waals surface area (Å²) >= 11 is 0. The van der Waals surface area contributed by atoms with Crippen molar-refractivity contribution in [3.05, 3.63) is 48.6 Å². The first kappa shape index (κ1) is 21.4. The number of aliphatic carboxylic acids is 1. The summed E-state index contributed by atoms with van der Waals surface area (Å²) in [4.78, 5) is 10.2. The van der Waals surface area contributed by atoms with Crippen LogP contribution < -0.4 is 0 Å². The van der Waals surface area contributed by atoms with Gasteiger partial charge >= 0.3 is 5.97 Å². The van der Waals surface area contributed by atoms with Crippen molar-refractivity contribution in [1.82, 2.24) is 0 Å². The van der Waals surface area contributed by atoms with Crippen LogP contribution in [0.25, 0.3) is 0 Å². The van der Waals surface area contributed by atoms with Gasteiger partial charge in [-0.15, -0.1) is 0 Å². The molecule has 0 rings (SSSR count). The summed E-state index contributed by atoms with van der Waals surface area (Å²) in [5.41, 5.74) is 0. The molecule has 0 aliphatic carbocycles. The van der Waals surface area contributed by atoms with Gasteiger partial charge in [0.2, 0.25) is 0 Å². The summed E-state index contributed by atoms with van der Waals surface area (Å²) in [5.74, 6) is -0.936. The van der Waals surface area contributed by atoms with E-state index in [0.29, 0.717) is 0 Å². The SMILES string of the molecule is CCCCC(O)CCCCCC/C=C/C=C/C=C/C=C/C(=O)O. The number of hydrogen-bond donors (Lipinski definition) is 2. The van der Waals surface area contributed by atoms with E-state index < -0.39 is 5.97 Å². The lowest BCUT2D eigenvalue weighted by Crippen LogP contribution is -2.05. The fraction of sp³-hybridized carbons (Fsp3) is 0.550. The average Bonchev–Trinajstić information content (AvgIpc) is 2.52. The number of hydrogen-bond acceptors (Lipinski definition) is 2. The molecular weight excluding hydrogens is 288 g/mol. The number of carboxylic acids is 1. The Morgan fingerprint density at radius 2 is 1.48 bits per heavy atom. The van der Waals surface area contributed by atoms with Crippen molar-refractivity contribution in [3.8, 4) is 0 Å². The third-order valence-corrected chi connectivity index (χ3v) is 3.48. The Hall–Kier alpha value is -1.61. The standard InChI is InChI=1S/C20H32O3/c1-2-3-16-19(21)17-14-12-10-8-6-4-5-7-9-11-13-15-18-20(22)23/h4-5,7,9,11,13,15,18-19,21H,2-3,6,8,10,12,14,16-17H2,1H3,(H,22,23)/b5-4+,9-7+,13-11+,18-15+. The van der Waals surface area contributed by atoms with Crippen molar-refractivity contribution in [3.63, 3.8) is 0 Å². The van der Waals surface area contributed by atoms with E-state index in [1.165, 1.54) is 25.3 Å². The van der Waals surface area contributed by atoms with E-state index in [1.54, 1.807) is 12.2 Å². The Labute approximate surface area is 141 Å². The Morgan fingerprint density at radius 3 is 2.17 bits per heavy atom. The number of aliphatic hydroxyl groups excluding tert-OH is 1. The highest BCUT2D eigenvalue weighted by Crippen LogP contribution is 2.11. The lowest BCUT2D eigenvalue weighted by Gasteiger charge is -2.08. The lowest BCUT2D eigenvalue weighted by atomic mass is 10.0. The molecule has 3 heteroatoms. The van der Waals surface area contributed by atoms with Crippen LogP contribution in [-0.4, -0.2) is 22.3 Å². The maximum absolute atomic E-state index is 10.2. The van der Waals surface area contributed by atoms with Gasteiger partial charge in [-0.2, -0.15) is 0 Å². The van der Waals surface area contributed by atoms with E-state index in [9.17, 15) is 9.90 Å². The molecule has 0 amide bonds. The quantitative estimate of drug-likeness (QED) is 0.263. The molecule has 0 aromatic carbocycles. The second-order valence-electron chi connectivity index (χ2n) is 5.68. The van der Waals surface area contributed by atoms with Crippen LogP contribution in [0.15, 0.2) is 48.6 Å². The van der Waals surface area contributed by atoms with E-state index in [1.807, 2.05) is 18.2 Å². The van der Waals surface area contributed by atoms with Crippen molar-refractivity contribution < 1.29 is 15.0 Å². The number of rotatable bonds is 14. The largest absolute Gasteiger partial charge is 0.478 e. The van der Waals surface area contributed by atoms with E-state index in [4.69, 9.17) is 5.11 Å². The van der Waals surface area contributed by atoms with Gasteiger partial charge in [0.1, 0.15) is 0 Å². The van der Waals surface area contributed by atoms with Crippen LogP contribution in [0.3, 0.4) is 0 Å². The highest BCUT2D eigenvalue weighted by atomic mass is 16.4. The summed E-state index contributed by atoms with van der Waals surface area (Å²) in [6, 6.07) is 0. The molecule has 0 saturated heterocycles. The fourth-order valence-corrected chi connectivity index (χ4v) is 2.15. The minimum absolute atomic E-state index is 0.0987. The van der Waals surface area contributed by atoms with Crippen molar-refractivity contribution in [1.29, 1.82) is 0 Å². The van der Waals surface area contributed by atoms with Gasteiger partial charge in [-0.3, -0.25) is 0 Å². The maximum atomic E-state index is 10.2. The summed E-state index contributed by atoms with van der Waals surface area (Å²) in [6.45, 7) is 2.15. The summed E-state index contributed by atoms with van der Waals surface area (Å²) < 4.78 is 0. The molecule has 1 atom stereocenters. The molecule has 0 spiro atoms. The minimum atomic E-state index is -0.936. The van der Waals surface area contributed by atoms with Crippen LogP contribution in [0.5, 0.6) is 0 Å². The molecule has 2 N–H and O–H groups in total. The lowest BCUT2D eigenvalue weighted by molar-refractivity contribution is -0.131. The number of aliphatic hydroxyl groups is 1. The Kier molecular flexibility index (Phi) is 15.6. The molecule has 0 heterocycles. The predicted molar refractivity (Wildman–Crippen MR) is 97.4 cm³/mol. The van der Waals surface area contributed by atoms with Crippen molar-refractivity contribution >= 4 is 5.97 Å². The molecule has 23 heavy (non-hydrogen) atoms. The van der Waals surface area contributed by atoms with E-state index in [0.717, 1.165) is 44.6 Å². The highest BCUT2D eigenvalue weighted by Gasteiger charge is 2.02. The molecule has 3 nitrogen and oxygen atoms in total. The normalized spacial score (nSPS) is 13.8. The van der Waals surface area contributed by atoms with Gasteiger partial charge in [0.25, 0.3) is 0 Å². The van der Waals surface area contributed by atoms with Crippen LogP contribution in [0.4, 0.5) is 0 Å². The second-order valence-corrected chi connectivity index (χ2v) is 5.68. The molecular formula is C20H32O3. The third kappa shape index (κ3) is 18.3. The van der Waals surface area contributed by atoms with Crippen LogP contribution >= 0.6 is 0 Å². The van der Waals surface area contributed by atoms with Gasteiger partial charge in [-0.25, -0.2) is 4.79 Å². The van der Waals surface area contributed by atoms with E-state index in [-0.39, 0.29) is 6.10 Å².